The largest absolute Gasteiger partial charge is 0.494 e. The molecule has 4 aromatic rings. The molecule has 3 amide bonds. The highest BCUT2D eigenvalue weighted by Gasteiger charge is 2.31. The van der Waals surface area contributed by atoms with E-state index in [4.69, 9.17) is 9.47 Å². The molecule has 1 aliphatic heterocycles. The molecule has 2 aliphatic rings. The Morgan fingerprint density at radius 3 is 2.45 bits per heavy atom. The number of ether oxygens (including phenoxy) is 2. The van der Waals surface area contributed by atoms with Crippen molar-refractivity contribution in [2.45, 2.75) is 70.1 Å². The molecule has 3 N–H and O–H groups in total. The number of benzene rings is 2. The van der Waals surface area contributed by atoms with Crippen molar-refractivity contribution in [3.8, 4) is 11.5 Å². The second-order valence-corrected chi connectivity index (χ2v) is 13.2. The van der Waals surface area contributed by atoms with Crippen LogP contribution in [0.25, 0.3) is 5.65 Å². The van der Waals surface area contributed by atoms with Gasteiger partial charge in [0.25, 0.3) is 5.91 Å². The summed E-state index contributed by atoms with van der Waals surface area (Å²) in [5.74, 6) is 1.71. The Balaban J connectivity index is 0.00000433. The van der Waals surface area contributed by atoms with Crippen molar-refractivity contribution < 1.29 is 19.1 Å². The minimum atomic E-state index is -0.381. The molecule has 11 nitrogen and oxygen atoms in total. The fourth-order valence-electron chi connectivity index (χ4n) is 6.60. The molecule has 1 unspecified atom stereocenters. The molecule has 1 fully saturated rings. The third-order valence-electron chi connectivity index (χ3n) is 9.12. The first-order valence-corrected chi connectivity index (χ1v) is 15.9. The van der Waals surface area contributed by atoms with Crippen LogP contribution in [0.4, 0.5) is 10.5 Å². The number of rotatable bonds is 7. The Bertz CT molecular complexity index is 1770. The van der Waals surface area contributed by atoms with E-state index in [1.165, 1.54) is 7.11 Å². The average Bonchev–Trinajstić information content (AvgIpc) is 3.66. The van der Waals surface area contributed by atoms with Gasteiger partial charge >= 0.3 is 6.03 Å². The smallest absolute Gasteiger partial charge is 0.319 e. The first-order valence-electron chi connectivity index (χ1n) is 15.9. The molecule has 1 aliphatic carbocycles. The number of hydrogen-bond acceptors (Lipinski definition) is 7. The number of urea groups is 1. The fraction of sp³-hybridized carbons (Fsp3) is 0.429. The number of amides is 3. The third-order valence-corrected chi connectivity index (χ3v) is 9.12. The van der Waals surface area contributed by atoms with E-state index in [9.17, 15) is 9.59 Å². The van der Waals surface area contributed by atoms with Crippen LogP contribution in [0.2, 0.25) is 0 Å². The van der Waals surface area contributed by atoms with Gasteiger partial charge in [-0.3, -0.25) is 14.1 Å². The SMILES string of the molecule is CNC(=O)c1cc(C(C)(C)C)cc(NC(=O)N[C@H]2CC[C@@H](Oc3ccc4nnc(C5CCCN5C)n4c3)c3ccccc32)c1OC.Cl. The Hall–Kier alpha value is -4.35. The minimum absolute atomic E-state index is 0. The van der Waals surface area contributed by atoms with Gasteiger partial charge in [0, 0.05) is 7.05 Å². The van der Waals surface area contributed by atoms with Crippen LogP contribution in [-0.4, -0.2) is 59.2 Å². The van der Waals surface area contributed by atoms with E-state index in [-0.39, 0.29) is 47.9 Å². The van der Waals surface area contributed by atoms with Crippen molar-refractivity contribution in [2.24, 2.45) is 0 Å². The number of aromatic nitrogens is 3. The van der Waals surface area contributed by atoms with Gasteiger partial charge in [-0.25, -0.2) is 4.79 Å². The number of nitrogens with zero attached hydrogens (tertiary/aromatic N) is 4. The summed E-state index contributed by atoms with van der Waals surface area (Å²) in [6.07, 6.45) is 5.41. The lowest BCUT2D eigenvalue weighted by Gasteiger charge is -2.32. The maximum Gasteiger partial charge on any atom is 0.319 e. The number of carbonyl (C=O) groups excluding carboxylic acids is 2. The molecule has 6 rings (SSSR count). The summed E-state index contributed by atoms with van der Waals surface area (Å²) in [6, 6.07) is 15.3. The summed E-state index contributed by atoms with van der Waals surface area (Å²) in [7, 11) is 5.20. The van der Waals surface area contributed by atoms with E-state index in [0.717, 1.165) is 53.3 Å². The molecule has 250 valence electrons. The van der Waals surface area contributed by atoms with Gasteiger partial charge < -0.3 is 25.4 Å². The molecule has 3 heterocycles. The number of methoxy groups -OCH3 is 1. The van der Waals surface area contributed by atoms with Crippen LogP contribution in [0, 0.1) is 0 Å². The van der Waals surface area contributed by atoms with E-state index in [0.29, 0.717) is 29.8 Å². The highest BCUT2D eigenvalue weighted by molar-refractivity contribution is 6.01. The zero-order valence-corrected chi connectivity index (χ0v) is 28.6. The molecule has 1 saturated heterocycles. The van der Waals surface area contributed by atoms with E-state index in [1.807, 2.05) is 53.1 Å². The van der Waals surface area contributed by atoms with Crippen LogP contribution >= 0.6 is 12.4 Å². The van der Waals surface area contributed by atoms with Gasteiger partial charge in [-0.05, 0) is 85.6 Å². The number of hydrogen-bond donors (Lipinski definition) is 3. The van der Waals surface area contributed by atoms with E-state index in [2.05, 4.69) is 64.9 Å². The number of anilines is 1. The molecule has 47 heavy (non-hydrogen) atoms. The summed E-state index contributed by atoms with van der Waals surface area (Å²) in [5.41, 5.74) is 4.28. The molecule has 2 aromatic carbocycles. The van der Waals surface area contributed by atoms with E-state index in [1.54, 1.807) is 7.05 Å². The zero-order chi connectivity index (χ0) is 32.6. The third kappa shape index (κ3) is 6.87. The summed E-state index contributed by atoms with van der Waals surface area (Å²) in [4.78, 5) is 28.5. The molecule has 2 aromatic heterocycles. The molecule has 0 radical (unpaired) electrons. The summed E-state index contributed by atoms with van der Waals surface area (Å²) in [6.45, 7) is 7.22. The number of nitrogens with one attached hydrogen (secondary N) is 3. The predicted molar refractivity (Wildman–Crippen MR) is 184 cm³/mol. The van der Waals surface area contributed by atoms with E-state index < -0.39 is 0 Å². The van der Waals surface area contributed by atoms with Crippen molar-refractivity contribution in [2.75, 3.05) is 33.1 Å². The highest BCUT2D eigenvalue weighted by Crippen LogP contribution is 2.40. The lowest BCUT2D eigenvalue weighted by molar-refractivity contribution is 0.0960. The molecular weight excluding hydrogens is 618 g/mol. The molecule has 0 saturated carbocycles. The van der Waals surface area contributed by atoms with Crippen molar-refractivity contribution in [1.82, 2.24) is 30.1 Å². The zero-order valence-electron chi connectivity index (χ0n) is 27.8. The second kappa shape index (κ2) is 13.8. The Kier molecular flexibility index (Phi) is 9.97. The molecule has 12 heteroatoms. The monoisotopic (exact) mass is 661 g/mol. The number of fused-ring (bicyclic) bond motifs is 2. The lowest BCUT2D eigenvalue weighted by atomic mass is 9.85. The summed E-state index contributed by atoms with van der Waals surface area (Å²) < 4.78 is 14.3. The quantitative estimate of drug-likeness (QED) is 0.211. The van der Waals surface area contributed by atoms with Crippen molar-refractivity contribution in [3.63, 3.8) is 0 Å². The Labute approximate surface area is 281 Å². The van der Waals surface area contributed by atoms with Crippen LogP contribution < -0.4 is 25.4 Å². The van der Waals surface area contributed by atoms with Crippen LogP contribution in [0.15, 0.2) is 54.7 Å². The molecule has 3 atom stereocenters. The number of carbonyl (C=O) groups is 2. The van der Waals surface area contributed by atoms with E-state index >= 15 is 0 Å². The second-order valence-electron chi connectivity index (χ2n) is 13.2. The van der Waals surface area contributed by atoms with Gasteiger partial charge in [0.2, 0.25) is 0 Å². The predicted octanol–water partition coefficient (Wildman–Crippen LogP) is 6.36. The molecular formula is C35H44ClN7O4. The fourth-order valence-corrected chi connectivity index (χ4v) is 6.60. The number of likely N-dealkylation sites (tertiary alicyclic amines) is 1. The molecule has 0 spiro atoms. The van der Waals surface area contributed by atoms with Gasteiger partial charge in [-0.1, -0.05) is 45.0 Å². The normalized spacial score (nSPS) is 19.4. The van der Waals surface area contributed by atoms with Gasteiger partial charge in [0.15, 0.2) is 17.2 Å². The lowest BCUT2D eigenvalue weighted by Crippen LogP contribution is -2.36. The van der Waals surface area contributed by atoms with Gasteiger partial charge in [0.1, 0.15) is 11.9 Å². The van der Waals surface area contributed by atoms with Crippen molar-refractivity contribution >= 4 is 35.7 Å². The Morgan fingerprint density at radius 1 is 1.00 bits per heavy atom. The minimum Gasteiger partial charge on any atom is -0.494 e. The van der Waals surface area contributed by atoms with Crippen LogP contribution in [0.3, 0.4) is 0 Å². The van der Waals surface area contributed by atoms with Crippen LogP contribution in [0.5, 0.6) is 11.5 Å². The number of pyridine rings is 1. The summed E-state index contributed by atoms with van der Waals surface area (Å²) in [5, 5.41) is 17.7. The topological polar surface area (TPSA) is 122 Å². The number of halogens is 1. The average molecular weight is 662 g/mol. The van der Waals surface area contributed by atoms with Gasteiger partial charge in [-0.15, -0.1) is 22.6 Å². The first-order chi connectivity index (χ1) is 22.1. The Morgan fingerprint density at radius 2 is 1.77 bits per heavy atom. The van der Waals surface area contributed by atoms with Crippen molar-refractivity contribution in [1.29, 1.82) is 0 Å². The maximum absolute atomic E-state index is 13.5. The van der Waals surface area contributed by atoms with Gasteiger partial charge in [-0.2, -0.15) is 0 Å². The summed E-state index contributed by atoms with van der Waals surface area (Å²) >= 11 is 0. The standard InChI is InChI=1S/C35H43N7O4.ClH/c1-35(2,3)21-18-25(33(43)36-4)31(45-6)27(19-21)38-34(44)37-26-14-15-29(24-11-8-7-10-23(24)26)46-22-13-16-30-39-40-32(42(30)20-22)28-12-9-17-41(28)5;/h7-8,10-11,13,16,18-20,26,28-29H,9,12,14-15,17H2,1-6H3,(H,36,43)(H2,37,38,44);1H/t26-,28?,29+;/m0./s1. The van der Waals surface area contributed by atoms with Crippen LogP contribution in [0.1, 0.15) is 97.5 Å². The first kappa shape index (κ1) is 34.0. The maximum atomic E-state index is 13.5. The van der Waals surface area contributed by atoms with Crippen molar-refractivity contribution in [3.05, 3.63) is 82.8 Å². The highest BCUT2D eigenvalue weighted by atomic mass is 35.5. The molecule has 0 bridgehead atoms. The van der Waals surface area contributed by atoms with Gasteiger partial charge in [0.05, 0.1) is 36.6 Å². The van der Waals surface area contributed by atoms with Crippen LogP contribution in [-0.2, 0) is 5.41 Å².